The molecule has 0 spiro atoms. The Hall–Kier alpha value is -3.34. The molecule has 2 unspecified atom stereocenters. The summed E-state index contributed by atoms with van der Waals surface area (Å²) >= 11 is 9.53. The molecule has 0 radical (unpaired) electrons. The van der Waals surface area contributed by atoms with Gasteiger partial charge in [-0.05, 0) is 75.9 Å². The van der Waals surface area contributed by atoms with Crippen LogP contribution < -0.4 is 10.1 Å². The first-order valence-electron chi connectivity index (χ1n) is 11.5. The average molecular weight is 570 g/mol. The monoisotopic (exact) mass is 568 g/mol. The minimum Gasteiger partial charge on any atom is -0.485 e. The van der Waals surface area contributed by atoms with Gasteiger partial charge in [-0.25, -0.2) is 0 Å². The van der Waals surface area contributed by atoms with Crippen molar-refractivity contribution in [2.24, 2.45) is 0 Å². The van der Waals surface area contributed by atoms with E-state index in [1.54, 1.807) is 24.3 Å². The second kappa shape index (κ2) is 13.1. The molecule has 0 saturated carbocycles. The molecule has 6 nitrogen and oxygen atoms in total. The van der Waals surface area contributed by atoms with E-state index in [2.05, 4.69) is 34.2 Å². The molecular weight excluding hydrogens is 544 g/mol. The lowest BCUT2D eigenvalue weighted by atomic mass is 9.85. The van der Waals surface area contributed by atoms with Gasteiger partial charge in [0.15, 0.2) is 0 Å². The lowest BCUT2D eigenvalue weighted by Gasteiger charge is -2.29. The molecule has 2 N–H and O–H groups in total. The SMILES string of the molecule is CCCC(c1ccc(C(=O)NCCC(=O)O)cc1)C(Oc1ccc(Br)c(C#N)c1)c1ccc(Cl)cc1. The number of halogens is 2. The summed E-state index contributed by atoms with van der Waals surface area (Å²) in [7, 11) is 0. The number of ether oxygens (including phenoxy) is 1. The van der Waals surface area contributed by atoms with E-state index in [0.29, 0.717) is 26.4 Å². The Balaban J connectivity index is 1.93. The van der Waals surface area contributed by atoms with Gasteiger partial charge in [0, 0.05) is 27.5 Å². The summed E-state index contributed by atoms with van der Waals surface area (Å²) in [6.45, 7) is 2.17. The largest absolute Gasteiger partial charge is 0.485 e. The van der Waals surface area contributed by atoms with E-state index >= 15 is 0 Å². The summed E-state index contributed by atoms with van der Waals surface area (Å²) in [5.74, 6) is -0.757. The third kappa shape index (κ3) is 7.33. The molecule has 8 heteroatoms. The van der Waals surface area contributed by atoms with Crippen LogP contribution in [-0.4, -0.2) is 23.5 Å². The van der Waals surface area contributed by atoms with Crippen molar-refractivity contribution >= 4 is 39.4 Å². The molecule has 186 valence electrons. The molecule has 3 rings (SSSR count). The van der Waals surface area contributed by atoms with Crippen molar-refractivity contribution in [1.29, 1.82) is 5.26 Å². The lowest BCUT2D eigenvalue weighted by Crippen LogP contribution is -2.26. The topological polar surface area (TPSA) is 99.4 Å². The molecule has 0 aliphatic carbocycles. The number of nitriles is 1. The Morgan fingerprint density at radius 1 is 1.08 bits per heavy atom. The molecule has 3 aromatic rings. The third-order valence-corrected chi connectivity index (χ3v) is 6.65. The molecule has 3 aromatic carbocycles. The Morgan fingerprint density at radius 3 is 2.36 bits per heavy atom. The van der Waals surface area contributed by atoms with Gasteiger partial charge in [0.1, 0.15) is 17.9 Å². The van der Waals surface area contributed by atoms with E-state index in [0.717, 1.165) is 24.0 Å². The van der Waals surface area contributed by atoms with Gasteiger partial charge in [-0.15, -0.1) is 0 Å². The van der Waals surface area contributed by atoms with Crippen molar-refractivity contribution in [2.75, 3.05) is 6.54 Å². The molecule has 36 heavy (non-hydrogen) atoms. The highest BCUT2D eigenvalue weighted by Gasteiger charge is 2.27. The molecule has 0 fully saturated rings. The van der Waals surface area contributed by atoms with E-state index in [1.807, 2.05) is 42.5 Å². The van der Waals surface area contributed by atoms with Gasteiger partial charge < -0.3 is 15.2 Å². The first kappa shape index (κ1) is 27.3. The lowest BCUT2D eigenvalue weighted by molar-refractivity contribution is -0.136. The number of amides is 1. The standard InChI is InChI=1S/C28H26BrClN2O4/c1-2-3-24(18-4-6-20(7-5-18)28(35)32-15-14-26(33)34)27(19-8-10-22(30)11-9-19)36-23-12-13-25(29)21(16-23)17-31/h4-13,16,24,27H,2-3,14-15H2,1H3,(H,32,35)(H,33,34). The van der Waals surface area contributed by atoms with Crippen LogP contribution >= 0.6 is 27.5 Å². The summed E-state index contributed by atoms with van der Waals surface area (Å²) in [6, 6.07) is 22.3. The smallest absolute Gasteiger partial charge is 0.305 e. The predicted octanol–water partition coefficient (Wildman–Crippen LogP) is 6.88. The number of aliphatic carboxylic acids is 1. The number of nitrogens with one attached hydrogen (secondary N) is 1. The fraction of sp³-hybridized carbons (Fsp3) is 0.250. The molecule has 0 aromatic heterocycles. The molecule has 0 saturated heterocycles. The van der Waals surface area contributed by atoms with Gasteiger partial charge in [-0.2, -0.15) is 5.26 Å². The summed E-state index contributed by atoms with van der Waals surface area (Å²) in [5, 5.41) is 21.4. The van der Waals surface area contributed by atoms with Gasteiger partial charge >= 0.3 is 5.97 Å². The number of hydrogen-bond acceptors (Lipinski definition) is 4. The van der Waals surface area contributed by atoms with E-state index in [-0.39, 0.29) is 30.9 Å². The van der Waals surface area contributed by atoms with Crippen LogP contribution in [0.3, 0.4) is 0 Å². The Labute approximate surface area is 224 Å². The van der Waals surface area contributed by atoms with E-state index in [9.17, 15) is 14.9 Å². The number of carboxylic acid groups (broad SMARTS) is 1. The number of carbonyl (C=O) groups is 2. The second-order valence-corrected chi connectivity index (χ2v) is 9.55. The van der Waals surface area contributed by atoms with Gasteiger partial charge in [-0.3, -0.25) is 9.59 Å². The maximum absolute atomic E-state index is 12.4. The van der Waals surface area contributed by atoms with E-state index in [1.165, 1.54) is 0 Å². The molecule has 0 aliphatic rings. The Kier molecular flexibility index (Phi) is 9.92. The molecule has 0 heterocycles. The Bertz CT molecular complexity index is 1240. The Morgan fingerprint density at radius 2 is 1.75 bits per heavy atom. The van der Waals surface area contributed by atoms with Gasteiger partial charge in [-0.1, -0.05) is 49.2 Å². The fourth-order valence-electron chi connectivity index (χ4n) is 3.92. The summed E-state index contributed by atoms with van der Waals surface area (Å²) in [6.07, 6.45) is 1.22. The quantitative estimate of drug-likeness (QED) is 0.262. The fourth-order valence-corrected chi connectivity index (χ4v) is 4.38. The van der Waals surface area contributed by atoms with Crippen LogP contribution in [0.4, 0.5) is 0 Å². The van der Waals surface area contributed by atoms with Crippen LogP contribution in [0.5, 0.6) is 5.75 Å². The van der Waals surface area contributed by atoms with Crippen LogP contribution in [0.15, 0.2) is 71.2 Å². The third-order valence-electron chi connectivity index (χ3n) is 5.71. The zero-order chi connectivity index (χ0) is 26.1. The van der Waals surface area contributed by atoms with Crippen molar-refractivity contribution in [3.63, 3.8) is 0 Å². The minimum atomic E-state index is -0.964. The van der Waals surface area contributed by atoms with Gasteiger partial charge in [0.25, 0.3) is 5.91 Å². The number of carboxylic acids is 1. The molecule has 0 aliphatic heterocycles. The van der Waals surface area contributed by atoms with E-state index < -0.39 is 5.97 Å². The molecule has 1 amide bonds. The van der Waals surface area contributed by atoms with Crippen LogP contribution in [0.2, 0.25) is 5.02 Å². The van der Waals surface area contributed by atoms with Crippen molar-refractivity contribution < 1.29 is 19.4 Å². The normalized spacial score (nSPS) is 12.3. The highest BCUT2D eigenvalue weighted by molar-refractivity contribution is 9.10. The number of benzene rings is 3. The zero-order valence-electron chi connectivity index (χ0n) is 19.7. The van der Waals surface area contributed by atoms with Crippen LogP contribution in [0.1, 0.15) is 65.3 Å². The highest BCUT2D eigenvalue weighted by atomic mass is 79.9. The van der Waals surface area contributed by atoms with Gasteiger partial charge in [0.05, 0.1) is 12.0 Å². The summed E-state index contributed by atoms with van der Waals surface area (Å²) in [4.78, 5) is 23.1. The maximum atomic E-state index is 12.4. The zero-order valence-corrected chi connectivity index (χ0v) is 22.1. The van der Waals surface area contributed by atoms with Gasteiger partial charge in [0.2, 0.25) is 0 Å². The first-order valence-corrected chi connectivity index (χ1v) is 12.7. The number of nitrogens with zero attached hydrogens (tertiary/aromatic N) is 1. The molecular formula is C28H26BrClN2O4. The van der Waals surface area contributed by atoms with Crippen molar-refractivity contribution in [1.82, 2.24) is 5.32 Å². The first-order chi connectivity index (χ1) is 17.3. The van der Waals surface area contributed by atoms with Crippen molar-refractivity contribution in [3.8, 4) is 11.8 Å². The van der Waals surface area contributed by atoms with Crippen LogP contribution in [0, 0.1) is 11.3 Å². The minimum absolute atomic E-state index is 0.0468. The van der Waals surface area contributed by atoms with E-state index in [4.69, 9.17) is 21.4 Å². The van der Waals surface area contributed by atoms with Crippen molar-refractivity contribution in [2.45, 2.75) is 38.2 Å². The highest BCUT2D eigenvalue weighted by Crippen LogP contribution is 2.39. The second-order valence-electron chi connectivity index (χ2n) is 8.26. The maximum Gasteiger partial charge on any atom is 0.305 e. The van der Waals surface area contributed by atoms with Crippen LogP contribution in [0.25, 0.3) is 0 Å². The molecule has 0 bridgehead atoms. The average Bonchev–Trinajstić information content (AvgIpc) is 2.87. The predicted molar refractivity (Wildman–Crippen MR) is 142 cm³/mol. The summed E-state index contributed by atoms with van der Waals surface area (Å²) in [5.41, 5.74) is 2.87. The number of rotatable bonds is 11. The number of hydrogen-bond donors (Lipinski definition) is 2. The van der Waals surface area contributed by atoms with Crippen molar-refractivity contribution in [3.05, 3.63) is 98.5 Å². The molecule has 2 atom stereocenters. The summed E-state index contributed by atoms with van der Waals surface area (Å²) < 4.78 is 7.21. The van der Waals surface area contributed by atoms with Crippen LogP contribution in [-0.2, 0) is 4.79 Å². The number of carbonyl (C=O) groups excluding carboxylic acids is 1.